The van der Waals surface area contributed by atoms with Crippen molar-refractivity contribution in [2.45, 2.75) is 31.9 Å². The number of morpholine rings is 2. The van der Waals surface area contributed by atoms with Gasteiger partial charge in [-0.3, -0.25) is 0 Å². The van der Waals surface area contributed by atoms with Gasteiger partial charge < -0.3 is 30.1 Å². The Kier molecular flexibility index (Phi) is 6.35. The van der Waals surface area contributed by atoms with Gasteiger partial charge in [-0.05, 0) is 26.0 Å². The average molecular weight is 451 g/mol. The maximum Gasteiger partial charge on any atom is 0.281 e. The second-order valence-corrected chi connectivity index (χ2v) is 8.35. The Hall–Kier alpha value is -2.70. The summed E-state index contributed by atoms with van der Waals surface area (Å²) in [4.78, 5) is 21.3. The first-order valence-electron chi connectivity index (χ1n) is 10.4. The maximum absolute atomic E-state index is 13.8. The van der Waals surface area contributed by atoms with Crippen LogP contribution in [-0.4, -0.2) is 82.7 Å². The Labute approximate surface area is 184 Å². The van der Waals surface area contributed by atoms with E-state index < -0.39 is 17.7 Å². The molecule has 1 atom stereocenters. The van der Waals surface area contributed by atoms with Crippen molar-refractivity contribution in [1.29, 1.82) is 0 Å². The molecule has 0 bridgehead atoms. The second-order valence-electron chi connectivity index (χ2n) is 8.35. The number of nitrogen functional groups attached to an aromatic ring is 1. The van der Waals surface area contributed by atoms with Gasteiger partial charge in [0.1, 0.15) is 11.5 Å². The van der Waals surface area contributed by atoms with Gasteiger partial charge >= 0.3 is 0 Å². The van der Waals surface area contributed by atoms with Gasteiger partial charge in [-0.15, -0.1) is 0 Å². The average Bonchev–Trinajstić information content (AvgIpc) is 2.78. The molecule has 3 N–H and O–H groups in total. The lowest BCUT2D eigenvalue weighted by Gasteiger charge is -2.42. The van der Waals surface area contributed by atoms with E-state index in [4.69, 9.17) is 15.2 Å². The first-order valence-corrected chi connectivity index (χ1v) is 10.4. The van der Waals surface area contributed by atoms with E-state index in [1.54, 1.807) is 0 Å². The van der Waals surface area contributed by atoms with Crippen LogP contribution in [0, 0.1) is 0 Å². The minimum Gasteiger partial charge on any atom is -0.394 e. The van der Waals surface area contributed by atoms with Crippen LogP contribution in [0.15, 0.2) is 12.1 Å². The van der Waals surface area contributed by atoms with E-state index in [1.807, 2.05) is 23.6 Å². The summed E-state index contributed by atoms with van der Waals surface area (Å²) in [5.41, 5.74) is 4.81. The van der Waals surface area contributed by atoms with Gasteiger partial charge in [0.15, 0.2) is 5.82 Å². The molecule has 2 aromatic heterocycles. The highest BCUT2D eigenvalue weighted by atomic mass is 19.3. The lowest BCUT2D eigenvalue weighted by molar-refractivity contribution is 0.0632. The van der Waals surface area contributed by atoms with Crippen molar-refractivity contribution in [1.82, 2.24) is 19.9 Å². The fraction of sp³-hybridized carbons (Fsp3) is 0.600. The number of aromatic nitrogens is 4. The normalized spacial score (nSPS) is 21.2. The van der Waals surface area contributed by atoms with Crippen LogP contribution < -0.4 is 15.5 Å². The highest BCUT2D eigenvalue weighted by Crippen LogP contribution is 2.32. The molecule has 0 radical (unpaired) electrons. The molecule has 4 heterocycles. The minimum absolute atomic E-state index is 0.0126. The first-order chi connectivity index (χ1) is 15.3. The molecule has 4 rings (SSSR count). The zero-order valence-corrected chi connectivity index (χ0v) is 18.0. The molecule has 32 heavy (non-hydrogen) atoms. The van der Waals surface area contributed by atoms with Gasteiger partial charge in [-0.2, -0.15) is 15.0 Å². The molecule has 12 heteroatoms. The van der Waals surface area contributed by atoms with Crippen LogP contribution in [0.1, 0.15) is 26.0 Å². The van der Waals surface area contributed by atoms with Gasteiger partial charge in [0.25, 0.3) is 6.43 Å². The predicted molar refractivity (Wildman–Crippen MR) is 114 cm³/mol. The van der Waals surface area contributed by atoms with Crippen molar-refractivity contribution in [2.75, 3.05) is 61.7 Å². The molecule has 0 aliphatic carbocycles. The zero-order valence-electron chi connectivity index (χ0n) is 18.0. The van der Waals surface area contributed by atoms with E-state index in [0.29, 0.717) is 45.5 Å². The monoisotopic (exact) mass is 451 g/mol. The summed E-state index contributed by atoms with van der Waals surface area (Å²) in [7, 11) is 0. The molecular weight excluding hydrogens is 424 g/mol. The van der Waals surface area contributed by atoms with Crippen molar-refractivity contribution >= 4 is 17.7 Å². The number of nitrogens with two attached hydrogens (primary N) is 1. The predicted octanol–water partition coefficient (Wildman–Crippen LogP) is 1.27. The van der Waals surface area contributed by atoms with E-state index in [0.717, 1.165) is 0 Å². The number of aliphatic hydroxyl groups excluding tert-OH is 1. The summed E-state index contributed by atoms with van der Waals surface area (Å²) >= 11 is 0. The zero-order chi connectivity index (χ0) is 22.9. The fourth-order valence-electron chi connectivity index (χ4n) is 3.87. The molecule has 2 fully saturated rings. The Bertz CT molecular complexity index is 963. The van der Waals surface area contributed by atoms with E-state index in [9.17, 15) is 13.9 Å². The second kappa shape index (κ2) is 9.04. The summed E-state index contributed by atoms with van der Waals surface area (Å²) in [6.45, 7) is 6.50. The number of hydrogen-bond donors (Lipinski definition) is 2. The maximum atomic E-state index is 13.8. The van der Waals surface area contributed by atoms with Crippen molar-refractivity contribution in [3.8, 4) is 11.4 Å². The lowest BCUT2D eigenvalue weighted by Crippen LogP contribution is -2.54. The fourth-order valence-corrected chi connectivity index (χ4v) is 3.87. The Morgan fingerprint density at radius 3 is 2.59 bits per heavy atom. The molecular formula is C20H27F2N7O3. The summed E-state index contributed by atoms with van der Waals surface area (Å²) in [5.74, 6) is 0.685. The van der Waals surface area contributed by atoms with Crippen molar-refractivity contribution in [3.63, 3.8) is 0 Å². The quantitative estimate of drug-likeness (QED) is 0.687. The minimum atomic E-state index is -2.86. The molecule has 174 valence electrons. The SMILES string of the molecule is CC1(C)COCCN1c1nc(-c2ccc(N)nc2C(F)F)nc(N2CCOC[C@H]2CO)n1. The topological polar surface area (TPSA) is 123 Å². The van der Waals surface area contributed by atoms with Crippen LogP contribution in [0.3, 0.4) is 0 Å². The van der Waals surface area contributed by atoms with E-state index in [-0.39, 0.29) is 35.8 Å². The lowest BCUT2D eigenvalue weighted by atomic mass is 10.0. The van der Waals surface area contributed by atoms with Crippen LogP contribution in [0.4, 0.5) is 26.5 Å². The number of anilines is 3. The van der Waals surface area contributed by atoms with Crippen LogP contribution in [-0.2, 0) is 9.47 Å². The number of pyridine rings is 1. The van der Waals surface area contributed by atoms with Crippen LogP contribution >= 0.6 is 0 Å². The van der Waals surface area contributed by atoms with Crippen LogP contribution in [0.5, 0.6) is 0 Å². The van der Waals surface area contributed by atoms with Crippen LogP contribution in [0.25, 0.3) is 11.4 Å². The molecule has 2 saturated heterocycles. The summed E-state index contributed by atoms with van der Waals surface area (Å²) in [6.07, 6.45) is -2.86. The van der Waals surface area contributed by atoms with E-state index >= 15 is 0 Å². The molecule has 0 amide bonds. The Morgan fingerprint density at radius 2 is 1.88 bits per heavy atom. The summed E-state index contributed by atoms with van der Waals surface area (Å²) in [5, 5.41) is 9.81. The molecule has 0 saturated carbocycles. The molecule has 0 unspecified atom stereocenters. The van der Waals surface area contributed by atoms with Crippen molar-refractivity contribution in [2.24, 2.45) is 0 Å². The molecule has 10 nitrogen and oxygen atoms in total. The largest absolute Gasteiger partial charge is 0.394 e. The molecule has 2 aromatic rings. The highest BCUT2D eigenvalue weighted by molar-refractivity contribution is 5.63. The number of nitrogens with zero attached hydrogens (tertiary/aromatic N) is 6. The third-order valence-corrected chi connectivity index (χ3v) is 5.59. The van der Waals surface area contributed by atoms with Crippen LogP contribution in [0.2, 0.25) is 0 Å². The van der Waals surface area contributed by atoms with Gasteiger partial charge in [0.2, 0.25) is 11.9 Å². The third-order valence-electron chi connectivity index (χ3n) is 5.59. The van der Waals surface area contributed by atoms with Gasteiger partial charge in [-0.25, -0.2) is 13.8 Å². The number of hydrogen-bond acceptors (Lipinski definition) is 10. The summed E-state index contributed by atoms with van der Waals surface area (Å²) < 4.78 is 38.6. The van der Waals surface area contributed by atoms with E-state index in [1.165, 1.54) is 12.1 Å². The molecule has 0 aromatic carbocycles. The number of ether oxygens (including phenoxy) is 2. The number of halogens is 2. The molecule has 2 aliphatic heterocycles. The van der Waals surface area contributed by atoms with Crippen molar-refractivity contribution < 1.29 is 23.4 Å². The molecule has 0 spiro atoms. The smallest absolute Gasteiger partial charge is 0.281 e. The van der Waals surface area contributed by atoms with Gasteiger partial charge in [0.05, 0.1) is 44.6 Å². The van der Waals surface area contributed by atoms with E-state index in [2.05, 4.69) is 19.9 Å². The number of aliphatic hydroxyl groups is 1. The number of alkyl halides is 2. The van der Waals surface area contributed by atoms with Gasteiger partial charge in [-0.1, -0.05) is 0 Å². The number of rotatable bonds is 5. The molecule has 2 aliphatic rings. The third kappa shape index (κ3) is 4.43. The summed E-state index contributed by atoms with van der Waals surface area (Å²) in [6, 6.07) is 2.53. The highest BCUT2D eigenvalue weighted by Gasteiger charge is 2.35. The first kappa shape index (κ1) is 22.5. The van der Waals surface area contributed by atoms with Crippen molar-refractivity contribution in [3.05, 3.63) is 17.8 Å². The Morgan fingerprint density at radius 1 is 1.12 bits per heavy atom. The standard InChI is InChI=1S/C20H27F2N7O3/c1-20(2)11-32-8-6-29(20)19-26-17(13-3-4-14(23)24-15(13)16(21)22)25-18(27-19)28-5-7-31-10-12(28)9-30/h3-4,12,16,30H,5-11H2,1-2H3,(H2,23,24)/t12-/m1/s1. The Balaban J connectivity index is 1.87. The van der Waals surface area contributed by atoms with Gasteiger partial charge in [0, 0.05) is 18.7 Å².